The number of hydrogen-bond acceptors (Lipinski definition) is 3. The largest absolute Gasteiger partial charge is 0.382 e. The lowest BCUT2D eigenvalue weighted by molar-refractivity contribution is 0.215. The van der Waals surface area contributed by atoms with Gasteiger partial charge in [-0.05, 0) is 28.5 Å². The van der Waals surface area contributed by atoms with Gasteiger partial charge in [-0.1, -0.05) is 36.4 Å². The van der Waals surface area contributed by atoms with Crippen LogP contribution in [0.4, 0.5) is 0 Å². The van der Waals surface area contributed by atoms with Gasteiger partial charge >= 0.3 is 0 Å². The first-order valence-corrected chi connectivity index (χ1v) is 5.77. The highest BCUT2D eigenvalue weighted by molar-refractivity contribution is 5.83. The summed E-state index contributed by atoms with van der Waals surface area (Å²) in [6, 6.07) is 15.7. The zero-order valence-corrected chi connectivity index (χ0v) is 9.69. The molecule has 1 unspecified atom stereocenters. The average Bonchev–Trinajstić information content (AvgIpc) is 2.47. The Morgan fingerprint density at radius 2 is 1.78 bits per heavy atom. The molecule has 0 aliphatic carbocycles. The van der Waals surface area contributed by atoms with Gasteiger partial charge < -0.3 is 5.11 Å². The van der Waals surface area contributed by atoms with Crippen molar-refractivity contribution in [2.45, 2.75) is 6.10 Å². The Bertz CT molecular complexity index is 667. The van der Waals surface area contributed by atoms with E-state index in [4.69, 9.17) is 0 Å². The van der Waals surface area contributed by atoms with Gasteiger partial charge in [-0.25, -0.2) is 9.97 Å². The summed E-state index contributed by atoms with van der Waals surface area (Å²) in [6.07, 6.45) is 2.37. The van der Waals surface area contributed by atoms with Crippen molar-refractivity contribution in [3.05, 3.63) is 72.3 Å². The molecule has 3 rings (SSSR count). The summed E-state index contributed by atoms with van der Waals surface area (Å²) in [7, 11) is 0. The van der Waals surface area contributed by atoms with Gasteiger partial charge in [-0.3, -0.25) is 0 Å². The Balaban J connectivity index is 2.04. The molecule has 0 aliphatic heterocycles. The summed E-state index contributed by atoms with van der Waals surface area (Å²) < 4.78 is 0. The fourth-order valence-electron chi connectivity index (χ4n) is 2.01. The van der Waals surface area contributed by atoms with E-state index in [2.05, 4.69) is 16.0 Å². The second-order valence-electron chi connectivity index (χ2n) is 4.14. The number of aliphatic hydroxyl groups is 1. The molecule has 0 amide bonds. The maximum absolute atomic E-state index is 10.3. The normalized spacial score (nSPS) is 12.5. The van der Waals surface area contributed by atoms with Crippen LogP contribution in [0.5, 0.6) is 0 Å². The van der Waals surface area contributed by atoms with Crippen LogP contribution in [0.3, 0.4) is 0 Å². The minimum absolute atomic E-state index is 0.611. The molecule has 1 N–H and O–H groups in total. The fraction of sp³-hybridized carbons (Fsp3) is 0.0667. The number of benzene rings is 2. The second kappa shape index (κ2) is 4.55. The third kappa shape index (κ3) is 1.96. The molecule has 18 heavy (non-hydrogen) atoms. The minimum Gasteiger partial charge on any atom is -0.382 e. The highest BCUT2D eigenvalue weighted by Gasteiger charge is 2.11. The molecule has 0 saturated carbocycles. The lowest BCUT2D eigenvalue weighted by atomic mass is 10.0. The van der Waals surface area contributed by atoms with Crippen LogP contribution in [0.1, 0.15) is 17.4 Å². The number of rotatable bonds is 2. The number of aliphatic hydroxyl groups excluding tert-OH is 1. The molecule has 0 saturated heterocycles. The molecule has 1 aromatic heterocycles. The SMILES string of the molecule is OC(c1ccc2ccccc2c1)c1ccncn1. The van der Waals surface area contributed by atoms with Gasteiger partial charge in [0.15, 0.2) is 0 Å². The first-order chi connectivity index (χ1) is 8.84. The molecule has 88 valence electrons. The highest BCUT2D eigenvalue weighted by atomic mass is 16.3. The standard InChI is InChI=1S/C15H12N2O/c18-15(14-7-8-16-10-17-14)13-6-5-11-3-1-2-4-12(11)9-13/h1-10,15,18H. The van der Waals surface area contributed by atoms with Gasteiger partial charge in [-0.15, -0.1) is 0 Å². The van der Waals surface area contributed by atoms with E-state index in [1.165, 1.54) is 6.33 Å². The predicted octanol–water partition coefficient (Wildman–Crippen LogP) is 2.71. The van der Waals surface area contributed by atoms with Crippen molar-refractivity contribution < 1.29 is 5.11 Å². The van der Waals surface area contributed by atoms with Crippen LogP contribution in [0.2, 0.25) is 0 Å². The molecule has 1 heterocycles. The summed E-state index contributed by atoms with van der Waals surface area (Å²) in [5.74, 6) is 0. The predicted molar refractivity (Wildman–Crippen MR) is 70.0 cm³/mol. The maximum atomic E-state index is 10.3. The summed E-state index contributed by atoms with van der Waals surface area (Å²) >= 11 is 0. The van der Waals surface area contributed by atoms with Crippen LogP contribution in [-0.2, 0) is 0 Å². The monoisotopic (exact) mass is 236 g/mol. The van der Waals surface area contributed by atoms with Gasteiger partial charge in [0.1, 0.15) is 12.4 Å². The Morgan fingerprint density at radius 1 is 0.944 bits per heavy atom. The van der Waals surface area contributed by atoms with Crippen LogP contribution in [0.25, 0.3) is 10.8 Å². The quantitative estimate of drug-likeness (QED) is 0.744. The molecular weight excluding hydrogens is 224 g/mol. The summed E-state index contributed by atoms with van der Waals surface area (Å²) in [6.45, 7) is 0. The van der Waals surface area contributed by atoms with E-state index in [0.717, 1.165) is 16.3 Å². The highest BCUT2D eigenvalue weighted by Crippen LogP contribution is 2.23. The molecule has 3 aromatic rings. The van der Waals surface area contributed by atoms with E-state index in [0.29, 0.717) is 5.69 Å². The summed E-state index contributed by atoms with van der Waals surface area (Å²) in [5, 5.41) is 12.5. The van der Waals surface area contributed by atoms with Crippen LogP contribution < -0.4 is 0 Å². The number of aromatic nitrogens is 2. The lowest BCUT2D eigenvalue weighted by Gasteiger charge is -2.10. The van der Waals surface area contributed by atoms with Crippen molar-refractivity contribution >= 4 is 10.8 Å². The van der Waals surface area contributed by atoms with Crippen LogP contribution >= 0.6 is 0 Å². The van der Waals surface area contributed by atoms with Crippen molar-refractivity contribution in [2.24, 2.45) is 0 Å². The summed E-state index contributed by atoms with van der Waals surface area (Å²) in [4.78, 5) is 7.92. The molecule has 0 spiro atoms. The van der Waals surface area contributed by atoms with Crippen molar-refractivity contribution in [2.75, 3.05) is 0 Å². The first-order valence-electron chi connectivity index (χ1n) is 5.77. The third-order valence-electron chi connectivity index (χ3n) is 2.97. The molecule has 0 bridgehead atoms. The van der Waals surface area contributed by atoms with Crippen molar-refractivity contribution in [1.29, 1.82) is 0 Å². The van der Waals surface area contributed by atoms with E-state index >= 15 is 0 Å². The zero-order valence-electron chi connectivity index (χ0n) is 9.69. The van der Waals surface area contributed by atoms with Gasteiger partial charge in [0.2, 0.25) is 0 Å². The van der Waals surface area contributed by atoms with Crippen LogP contribution in [-0.4, -0.2) is 15.1 Å². The molecule has 3 nitrogen and oxygen atoms in total. The number of nitrogens with zero attached hydrogens (tertiary/aromatic N) is 2. The Hall–Kier alpha value is -2.26. The van der Waals surface area contributed by atoms with Crippen LogP contribution in [0, 0.1) is 0 Å². The van der Waals surface area contributed by atoms with Crippen LogP contribution in [0.15, 0.2) is 61.1 Å². The van der Waals surface area contributed by atoms with Gasteiger partial charge in [0.25, 0.3) is 0 Å². The van der Waals surface area contributed by atoms with Crippen molar-refractivity contribution in [1.82, 2.24) is 9.97 Å². The number of hydrogen-bond donors (Lipinski definition) is 1. The van der Waals surface area contributed by atoms with Gasteiger partial charge in [0, 0.05) is 6.20 Å². The Morgan fingerprint density at radius 3 is 2.56 bits per heavy atom. The van der Waals surface area contributed by atoms with Crippen molar-refractivity contribution in [3.63, 3.8) is 0 Å². The smallest absolute Gasteiger partial charge is 0.121 e. The minimum atomic E-state index is -0.711. The third-order valence-corrected chi connectivity index (χ3v) is 2.97. The van der Waals surface area contributed by atoms with Crippen molar-refractivity contribution in [3.8, 4) is 0 Å². The van der Waals surface area contributed by atoms with Gasteiger partial charge in [-0.2, -0.15) is 0 Å². The molecular formula is C15H12N2O. The number of fused-ring (bicyclic) bond motifs is 1. The Labute approximate surface area is 105 Å². The summed E-state index contributed by atoms with van der Waals surface area (Å²) in [5.41, 5.74) is 1.45. The van der Waals surface area contributed by atoms with E-state index in [1.54, 1.807) is 12.3 Å². The molecule has 3 heteroatoms. The topological polar surface area (TPSA) is 46.0 Å². The molecule has 0 aliphatic rings. The van der Waals surface area contributed by atoms with E-state index in [9.17, 15) is 5.11 Å². The lowest BCUT2D eigenvalue weighted by Crippen LogP contribution is -2.02. The van der Waals surface area contributed by atoms with E-state index in [1.807, 2.05) is 36.4 Å². The molecule has 0 fully saturated rings. The molecule has 0 radical (unpaired) electrons. The van der Waals surface area contributed by atoms with Gasteiger partial charge in [0.05, 0.1) is 5.69 Å². The van der Waals surface area contributed by atoms with E-state index in [-0.39, 0.29) is 0 Å². The molecule has 1 atom stereocenters. The first kappa shape index (κ1) is 10.9. The van der Waals surface area contributed by atoms with E-state index < -0.39 is 6.10 Å². The zero-order chi connectivity index (χ0) is 12.4. The maximum Gasteiger partial charge on any atom is 0.121 e. The Kier molecular flexibility index (Phi) is 2.74. The molecule has 2 aromatic carbocycles. The fourth-order valence-corrected chi connectivity index (χ4v) is 2.01. The second-order valence-corrected chi connectivity index (χ2v) is 4.14. The average molecular weight is 236 g/mol.